The maximum atomic E-state index is 13.8. The van der Waals surface area contributed by atoms with E-state index in [-0.39, 0.29) is 29.3 Å². The first-order valence-electron chi connectivity index (χ1n) is 12.5. The molecule has 8 heteroatoms. The molecule has 4 N–H and O–H groups in total. The molecule has 5 rings (SSSR count). The normalized spacial score (nSPS) is 27.2. The van der Waals surface area contributed by atoms with E-state index in [1.54, 1.807) is 7.11 Å². The molecule has 37 heavy (non-hydrogen) atoms. The van der Waals surface area contributed by atoms with Gasteiger partial charge in [0.15, 0.2) is 5.78 Å². The summed E-state index contributed by atoms with van der Waals surface area (Å²) in [6, 6.07) is 17.8. The zero-order chi connectivity index (χ0) is 26.5. The van der Waals surface area contributed by atoms with E-state index in [1.165, 1.54) is 0 Å². The molecule has 2 aliphatic heterocycles. The maximum absolute atomic E-state index is 13.8. The summed E-state index contributed by atoms with van der Waals surface area (Å²) in [5.74, 6) is 0.607. The second-order valence-corrected chi connectivity index (χ2v) is 11.3. The molecule has 0 spiro atoms. The van der Waals surface area contributed by atoms with Crippen molar-refractivity contribution in [2.75, 3.05) is 7.11 Å². The largest absolute Gasteiger partial charge is 0.497 e. The Hall–Kier alpha value is -3.31. The highest BCUT2D eigenvalue weighted by molar-refractivity contribution is 6.30. The number of carbonyl (C=O) groups excluding carboxylic acids is 1. The lowest BCUT2D eigenvalue weighted by Gasteiger charge is -2.47. The molecular weight excluding hydrogens is 486 g/mol. The summed E-state index contributed by atoms with van der Waals surface area (Å²) >= 11 is 6.17. The quantitative estimate of drug-likeness (QED) is 0.540. The van der Waals surface area contributed by atoms with Gasteiger partial charge in [0, 0.05) is 34.7 Å². The third kappa shape index (κ3) is 4.40. The smallest absolute Gasteiger partial charge is 0.162 e. The van der Waals surface area contributed by atoms with E-state index in [0.717, 1.165) is 16.8 Å². The molecule has 192 valence electrons. The molecule has 4 atom stereocenters. The van der Waals surface area contributed by atoms with Crippen molar-refractivity contribution in [3.63, 3.8) is 0 Å². The highest BCUT2D eigenvalue weighted by Gasteiger charge is 2.49. The first-order valence-corrected chi connectivity index (χ1v) is 12.9. The van der Waals surface area contributed by atoms with Gasteiger partial charge in [-0.15, -0.1) is 0 Å². The van der Waals surface area contributed by atoms with Gasteiger partial charge in [0.2, 0.25) is 0 Å². The van der Waals surface area contributed by atoms with Crippen LogP contribution in [0.1, 0.15) is 56.6 Å². The van der Waals surface area contributed by atoms with Crippen LogP contribution in [0.3, 0.4) is 0 Å². The van der Waals surface area contributed by atoms with Crippen molar-refractivity contribution in [1.29, 1.82) is 5.26 Å². The fourth-order valence-corrected chi connectivity index (χ4v) is 6.16. The van der Waals surface area contributed by atoms with Gasteiger partial charge in [-0.1, -0.05) is 49.7 Å². The Balaban J connectivity index is 1.69. The molecule has 0 aromatic heterocycles. The Bertz CT molecular complexity index is 1320. The van der Waals surface area contributed by atoms with Gasteiger partial charge in [0.05, 0.1) is 24.7 Å². The monoisotopic (exact) mass is 517 g/mol. The highest BCUT2D eigenvalue weighted by atomic mass is 35.5. The topological polar surface area (TPSA) is 103 Å². The third-order valence-corrected chi connectivity index (χ3v) is 7.99. The zero-order valence-corrected chi connectivity index (χ0v) is 22.3. The van der Waals surface area contributed by atoms with E-state index in [4.69, 9.17) is 22.1 Å². The molecule has 0 radical (unpaired) electrons. The van der Waals surface area contributed by atoms with E-state index in [1.807, 2.05) is 53.4 Å². The molecule has 1 fully saturated rings. The number of rotatable bonds is 4. The Morgan fingerprint density at radius 2 is 1.73 bits per heavy atom. The van der Waals surface area contributed by atoms with Crippen LogP contribution < -0.4 is 21.3 Å². The fraction of sp³-hybridized carbons (Fsp3) is 0.379. The van der Waals surface area contributed by atoms with Crippen molar-refractivity contribution in [2.24, 2.45) is 11.1 Å². The van der Waals surface area contributed by atoms with Gasteiger partial charge in [-0.3, -0.25) is 10.2 Å². The van der Waals surface area contributed by atoms with Crippen LogP contribution in [0, 0.1) is 16.7 Å². The number of nitrogens with two attached hydrogens (primary N) is 1. The molecule has 1 aliphatic carbocycles. The van der Waals surface area contributed by atoms with Gasteiger partial charge >= 0.3 is 0 Å². The van der Waals surface area contributed by atoms with Crippen LogP contribution in [-0.4, -0.2) is 30.0 Å². The summed E-state index contributed by atoms with van der Waals surface area (Å²) in [6.45, 7) is 6.32. The second kappa shape index (κ2) is 9.53. The summed E-state index contributed by atoms with van der Waals surface area (Å²) in [5.41, 5.74) is 17.3. The second-order valence-electron chi connectivity index (χ2n) is 10.9. The number of nitriles is 1. The molecule has 3 aliphatic rings. The van der Waals surface area contributed by atoms with Crippen LogP contribution in [-0.2, 0) is 4.79 Å². The van der Waals surface area contributed by atoms with E-state index in [2.05, 4.69) is 37.7 Å². The SMILES string of the molecule is COc1ccc(C2C(C#N)=C(N)N(C3NNC(C)C3c3ccc(Cl)cc3)C3=C2C(=O)CC(C)(C)C3)cc1. The van der Waals surface area contributed by atoms with E-state index < -0.39 is 5.92 Å². The number of nitrogens with zero attached hydrogens (tertiary/aromatic N) is 2. The van der Waals surface area contributed by atoms with Crippen molar-refractivity contribution >= 4 is 17.4 Å². The van der Waals surface area contributed by atoms with Crippen molar-refractivity contribution in [3.8, 4) is 11.8 Å². The van der Waals surface area contributed by atoms with Gasteiger partial charge in [-0.25, -0.2) is 5.43 Å². The highest BCUT2D eigenvalue weighted by Crippen LogP contribution is 2.51. The number of carbonyl (C=O) groups is 1. The van der Waals surface area contributed by atoms with E-state index >= 15 is 0 Å². The Labute approximate surface area is 222 Å². The van der Waals surface area contributed by atoms with Crippen LogP contribution in [0.5, 0.6) is 5.75 Å². The minimum absolute atomic E-state index is 0.0119. The average molecular weight is 518 g/mol. The minimum Gasteiger partial charge on any atom is -0.497 e. The Kier molecular flexibility index (Phi) is 6.53. The molecular formula is C29H32ClN5O2. The Morgan fingerprint density at radius 3 is 2.35 bits per heavy atom. The van der Waals surface area contributed by atoms with Gasteiger partial charge in [-0.05, 0) is 54.2 Å². The molecule has 0 saturated carbocycles. The molecule has 1 saturated heterocycles. The first-order chi connectivity index (χ1) is 17.6. The number of benzene rings is 2. The summed E-state index contributed by atoms with van der Waals surface area (Å²) in [7, 11) is 1.61. The molecule has 2 heterocycles. The van der Waals surface area contributed by atoms with Crippen LogP contribution in [0.25, 0.3) is 0 Å². The lowest BCUT2D eigenvalue weighted by atomic mass is 9.68. The fourth-order valence-electron chi connectivity index (χ4n) is 6.03. The number of ketones is 1. The lowest BCUT2D eigenvalue weighted by Crippen LogP contribution is -2.52. The maximum Gasteiger partial charge on any atom is 0.162 e. The summed E-state index contributed by atoms with van der Waals surface area (Å²) < 4.78 is 5.33. The number of allylic oxidation sites excluding steroid dienone is 3. The molecule has 4 unspecified atom stereocenters. The molecule has 0 bridgehead atoms. The third-order valence-electron chi connectivity index (χ3n) is 7.74. The Morgan fingerprint density at radius 1 is 1.08 bits per heavy atom. The number of hydrogen-bond donors (Lipinski definition) is 3. The standard InChI is InChI=1S/C29H32ClN5O2/c1-16-24(17-5-9-19(30)10-6-17)28(34-33-16)35-22-13-29(2,3)14-23(36)26(22)25(21(15-31)27(35)32)18-7-11-20(37-4)12-8-18/h5-12,16,24-25,28,33-34H,13-14,32H2,1-4H3. The summed E-state index contributed by atoms with van der Waals surface area (Å²) in [5, 5.41) is 11.0. The van der Waals surface area contributed by atoms with Crippen molar-refractivity contribution in [2.45, 2.75) is 57.7 Å². The number of ether oxygens (including phenoxy) is 1. The number of hydrazine groups is 1. The van der Waals surface area contributed by atoms with Gasteiger partial charge in [0.25, 0.3) is 0 Å². The number of Topliss-reactive ketones (excluding diaryl/α,β-unsaturated/α-hetero) is 1. The van der Waals surface area contributed by atoms with Crippen molar-refractivity contribution in [3.05, 3.63) is 87.3 Å². The summed E-state index contributed by atoms with van der Waals surface area (Å²) in [6.07, 6.45) is 0.779. The van der Waals surface area contributed by atoms with Crippen LogP contribution >= 0.6 is 11.6 Å². The number of hydrogen-bond acceptors (Lipinski definition) is 7. The molecule has 7 nitrogen and oxygen atoms in total. The zero-order valence-electron chi connectivity index (χ0n) is 21.5. The number of nitrogens with one attached hydrogen (secondary N) is 2. The molecule has 2 aromatic carbocycles. The van der Waals surface area contributed by atoms with E-state index in [0.29, 0.717) is 40.6 Å². The lowest BCUT2D eigenvalue weighted by molar-refractivity contribution is -0.118. The average Bonchev–Trinajstić information content (AvgIpc) is 3.24. The molecule has 0 amide bonds. The van der Waals surface area contributed by atoms with Crippen LogP contribution in [0.4, 0.5) is 0 Å². The van der Waals surface area contributed by atoms with Crippen LogP contribution in [0.15, 0.2) is 71.2 Å². The van der Waals surface area contributed by atoms with Crippen molar-refractivity contribution < 1.29 is 9.53 Å². The first kappa shape index (κ1) is 25.3. The predicted molar refractivity (Wildman–Crippen MR) is 143 cm³/mol. The number of methoxy groups -OCH3 is 1. The van der Waals surface area contributed by atoms with Gasteiger partial charge in [-0.2, -0.15) is 5.26 Å². The van der Waals surface area contributed by atoms with Crippen LogP contribution in [0.2, 0.25) is 5.02 Å². The number of halogens is 1. The predicted octanol–water partition coefficient (Wildman–Crippen LogP) is 4.69. The summed E-state index contributed by atoms with van der Waals surface area (Å²) in [4.78, 5) is 15.8. The van der Waals surface area contributed by atoms with Crippen molar-refractivity contribution in [1.82, 2.24) is 15.8 Å². The molecule has 2 aromatic rings. The minimum atomic E-state index is -0.522. The van der Waals surface area contributed by atoms with E-state index in [9.17, 15) is 10.1 Å². The van der Waals surface area contributed by atoms with Gasteiger partial charge < -0.3 is 15.4 Å². The van der Waals surface area contributed by atoms with Gasteiger partial charge in [0.1, 0.15) is 17.7 Å².